The summed E-state index contributed by atoms with van der Waals surface area (Å²) in [5.74, 6) is -5.13. The van der Waals surface area contributed by atoms with Crippen molar-refractivity contribution in [2.45, 2.75) is 24.9 Å². The minimum atomic E-state index is -1.20. The summed E-state index contributed by atoms with van der Waals surface area (Å²) in [5.41, 5.74) is -0.719. The summed E-state index contributed by atoms with van der Waals surface area (Å²) in [6.45, 7) is 0.238. The van der Waals surface area contributed by atoms with Gasteiger partial charge in [0.2, 0.25) is 0 Å². The summed E-state index contributed by atoms with van der Waals surface area (Å²) in [5, 5.41) is 0. The molecule has 0 saturated carbocycles. The van der Waals surface area contributed by atoms with E-state index < -0.39 is 47.2 Å². The lowest BCUT2D eigenvalue weighted by Crippen LogP contribution is -2.57. The maximum Gasteiger partial charge on any atom is 0.257 e. The van der Waals surface area contributed by atoms with Gasteiger partial charge in [-0.1, -0.05) is 6.07 Å². The van der Waals surface area contributed by atoms with E-state index in [1.165, 1.54) is 21.9 Å². The molecule has 8 heteroatoms. The number of hydrogen-bond acceptors (Lipinski definition) is 2. The lowest BCUT2D eigenvalue weighted by atomic mass is 10.1. The van der Waals surface area contributed by atoms with Crippen LogP contribution in [0, 0.1) is 23.3 Å². The second kappa shape index (κ2) is 6.92. The highest BCUT2D eigenvalue weighted by molar-refractivity contribution is 5.97. The maximum absolute atomic E-state index is 14.0. The maximum atomic E-state index is 14.0. The third kappa shape index (κ3) is 3.02. The van der Waals surface area contributed by atoms with Gasteiger partial charge in [0.25, 0.3) is 11.8 Å². The van der Waals surface area contributed by atoms with Gasteiger partial charge in [-0.05, 0) is 43.2 Å². The van der Waals surface area contributed by atoms with E-state index in [0.29, 0.717) is 12.8 Å². The molecule has 0 aromatic heterocycles. The topological polar surface area (TPSA) is 40.6 Å². The van der Waals surface area contributed by atoms with Gasteiger partial charge in [-0.2, -0.15) is 0 Å². The van der Waals surface area contributed by atoms with Crippen molar-refractivity contribution in [3.05, 3.63) is 70.8 Å². The van der Waals surface area contributed by atoms with Crippen molar-refractivity contribution in [2.75, 3.05) is 13.1 Å². The number of rotatable bonds is 2. The molecule has 2 amide bonds. The zero-order chi connectivity index (χ0) is 20.0. The molecule has 4 nitrogen and oxygen atoms in total. The van der Waals surface area contributed by atoms with Gasteiger partial charge >= 0.3 is 0 Å². The van der Waals surface area contributed by atoms with Gasteiger partial charge in [-0.25, -0.2) is 17.6 Å². The summed E-state index contributed by atoms with van der Waals surface area (Å²) in [6.07, 6.45) is 1.17. The Balaban J connectivity index is 1.56. The van der Waals surface area contributed by atoms with Crippen LogP contribution in [0.1, 0.15) is 33.6 Å². The molecule has 0 N–H and O–H groups in total. The van der Waals surface area contributed by atoms with Crippen LogP contribution < -0.4 is 0 Å². The van der Waals surface area contributed by atoms with Gasteiger partial charge in [-0.15, -0.1) is 0 Å². The van der Waals surface area contributed by atoms with Crippen LogP contribution in [0.25, 0.3) is 0 Å². The van der Waals surface area contributed by atoms with E-state index >= 15 is 0 Å². The van der Waals surface area contributed by atoms with Crippen molar-refractivity contribution in [3.63, 3.8) is 0 Å². The van der Waals surface area contributed by atoms with Crippen LogP contribution in [0.3, 0.4) is 0 Å². The molecule has 0 spiro atoms. The second-order valence-electron chi connectivity index (χ2n) is 7.03. The fourth-order valence-electron chi connectivity index (χ4n) is 4.04. The largest absolute Gasteiger partial charge is 0.334 e. The Morgan fingerprint density at radius 1 is 0.821 bits per heavy atom. The first kappa shape index (κ1) is 18.5. The van der Waals surface area contributed by atoms with Gasteiger partial charge in [0, 0.05) is 13.1 Å². The molecule has 2 aromatic rings. The Morgan fingerprint density at radius 3 is 2.18 bits per heavy atom. The monoisotopic (exact) mass is 392 g/mol. The van der Waals surface area contributed by atoms with Gasteiger partial charge in [0.15, 0.2) is 11.6 Å². The van der Waals surface area contributed by atoms with Crippen molar-refractivity contribution >= 4 is 11.8 Å². The first-order valence-electron chi connectivity index (χ1n) is 8.88. The van der Waals surface area contributed by atoms with Crippen LogP contribution in [-0.2, 0) is 0 Å². The molecule has 2 bridgehead atoms. The average molecular weight is 392 g/mol. The lowest BCUT2D eigenvalue weighted by molar-refractivity contribution is 0.0354. The van der Waals surface area contributed by atoms with E-state index in [1.54, 1.807) is 0 Å². The van der Waals surface area contributed by atoms with Crippen LogP contribution in [0.15, 0.2) is 36.4 Å². The average Bonchev–Trinajstić information content (AvgIpc) is 2.94. The molecule has 28 heavy (non-hydrogen) atoms. The van der Waals surface area contributed by atoms with Crippen LogP contribution in [0.2, 0.25) is 0 Å². The number of likely N-dealkylation sites (tertiary alicyclic amines) is 1. The van der Waals surface area contributed by atoms with Crippen molar-refractivity contribution in [1.82, 2.24) is 9.80 Å². The van der Waals surface area contributed by atoms with E-state index in [0.717, 1.165) is 24.3 Å². The summed E-state index contributed by atoms with van der Waals surface area (Å²) >= 11 is 0. The molecule has 2 aliphatic heterocycles. The quantitative estimate of drug-likeness (QED) is 0.736. The number of hydrogen-bond donors (Lipinski definition) is 0. The number of benzene rings is 2. The molecule has 2 aliphatic rings. The van der Waals surface area contributed by atoms with Crippen molar-refractivity contribution in [3.8, 4) is 0 Å². The Hall–Kier alpha value is -2.90. The van der Waals surface area contributed by atoms with Gasteiger partial charge in [-0.3, -0.25) is 9.59 Å². The van der Waals surface area contributed by atoms with Crippen molar-refractivity contribution in [1.29, 1.82) is 0 Å². The highest BCUT2D eigenvalue weighted by Crippen LogP contribution is 2.33. The molecule has 2 unspecified atom stereocenters. The summed E-state index contributed by atoms with van der Waals surface area (Å²) in [4.78, 5) is 28.3. The zero-order valence-corrected chi connectivity index (χ0v) is 14.7. The highest BCUT2D eigenvalue weighted by Gasteiger charge is 2.45. The SMILES string of the molecule is O=C(c1cc(F)ccc1F)N1CC2CCC(C1)N2C(=O)c1cccc(F)c1F. The molecular weight excluding hydrogens is 376 g/mol. The van der Waals surface area contributed by atoms with E-state index in [-0.39, 0.29) is 24.2 Å². The van der Waals surface area contributed by atoms with Crippen LogP contribution >= 0.6 is 0 Å². The van der Waals surface area contributed by atoms with Crippen LogP contribution in [-0.4, -0.2) is 46.8 Å². The predicted molar refractivity (Wildman–Crippen MR) is 91.6 cm³/mol. The van der Waals surface area contributed by atoms with Crippen molar-refractivity contribution < 1.29 is 27.2 Å². The first-order chi connectivity index (χ1) is 13.4. The lowest BCUT2D eigenvalue weighted by Gasteiger charge is -2.41. The molecule has 2 heterocycles. The first-order valence-corrected chi connectivity index (χ1v) is 8.88. The number of halogens is 4. The number of carbonyl (C=O) groups is 2. The standard InChI is InChI=1S/C20H16F4N2O2/c21-11-4-7-16(22)15(8-11)19(27)25-9-12-5-6-13(10-25)26(12)20(28)14-2-1-3-17(23)18(14)24/h1-4,7-8,12-13H,5-6,9-10H2. The molecular formula is C20H16F4N2O2. The van der Waals surface area contributed by atoms with Crippen molar-refractivity contribution in [2.24, 2.45) is 0 Å². The smallest absolute Gasteiger partial charge is 0.257 e. The Bertz CT molecular complexity index is 951. The van der Waals surface area contributed by atoms with E-state index in [4.69, 9.17) is 0 Å². The third-order valence-electron chi connectivity index (χ3n) is 5.34. The highest BCUT2D eigenvalue weighted by atomic mass is 19.2. The molecule has 4 rings (SSSR count). The fourth-order valence-corrected chi connectivity index (χ4v) is 4.04. The van der Waals surface area contributed by atoms with Crippen LogP contribution in [0.4, 0.5) is 17.6 Å². The number of carbonyl (C=O) groups excluding carboxylic acids is 2. The summed E-state index contributed by atoms with van der Waals surface area (Å²) < 4.78 is 54.9. The number of piperazine rings is 1. The Labute approximate surface area is 158 Å². The summed E-state index contributed by atoms with van der Waals surface area (Å²) in [7, 11) is 0. The van der Waals surface area contributed by atoms with Crippen LogP contribution in [0.5, 0.6) is 0 Å². The fraction of sp³-hybridized carbons (Fsp3) is 0.300. The summed E-state index contributed by atoms with van der Waals surface area (Å²) in [6, 6.07) is 5.30. The molecule has 2 fully saturated rings. The minimum Gasteiger partial charge on any atom is -0.334 e. The third-order valence-corrected chi connectivity index (χ3v) is 5.34. The number of amides is 2. The number of fused-ring (bicyclic) bond motifs is 2. The molecule has 0 aliphatic carbocycles. The second-order valence-corrected chi connectivity index (χ2v) is 7.03. The molecule has 2 aromatic carbocycles. The Morgan fingerprint density at radius 2 is 1.50 bits per heavy atom. The molecule has 2 saturated heterocycles. The number of nitrogens with zero attached hydrogens (tertiary/aromatic N) is 2. The van der Waals surface area contributed by atoms with Gasteiger partial charge in [0.1, 0.15) is 11.6 Å². The predicted octanol–water partition coefficient (Wildman–Crippen LogP) is 3.37. The molecule has 0 radical (unpaired) electrons. The Kier molecular flexibility index (Phi) is 4.56. The molecule has 146 valence electrons. The minimum absolute atomic E-state index is 0.119. The van der Waals surface area contributed by atoms with E-state index in [1.807, 2.05) is 0 Å². The van der Waals surface area contributed by atoms with E-state index in [9.17, 15) is 27.2 Å². The normalized spacial score (nSPS) is 21.1. The molecule has 2 atom stereocenters. The zero-order valence-electron chi connectivity index (χ0n) is 14.7. The van der Waals surface area contributed by atoms with E-state index in [2.05, 4.69) is 0 Å². The van der Waals surface area contributed by atoms with Gasteiger partial charge in [0.05, 0.1) is 23.2 Å². The van der Waals surface area contributed by atoms with Gasteiger partial charge < -0.3 is 9.80 Å².